The average Bonchev–Trinajstić information content (AvgIpc) is 2.97. The Morgan fingerprint density at radius 3 is 2.74 bits per heavy atom. The third-order valence-corrected chi connectivity index (χ3v) is 6.58. The lowest BCUT2D eigenvalue weighted by Gasteiger charge is -2.04. The molecule has 0 saturated heterocycles. The second kappa shape index (κ2) is 7.31. The van der Waals surface area contributed by atoms with Crippen molar-refractivity contribution < 1.29 is 13.2 Å². The van der Waals surface area contributed by atoms with Crippen LogP contribution in [0, 0.1) is 19.3 Å². The van der Waals surface area contributed by atoms with E-state index in [1.165, 1.54) is 35.6 Å². The summed E-state index contributed by atoms with van der Waals surface area (Å²) in [7, 11) is -3.42. The number of amides is 1. The van der Waals surface area contributed by atoms with E-state index in [0.29, 0.717) is 9.82 Å². The zero-order chi connectivity index (χ0) is 19.8. The van der Waals surface area contributed by atoms with Crippen molar-refractivity contribution in [2.75, 3.05) is 6.26 Å². The fraction of sp³-hybridized carbons (Fsp3) is 0.158. The highest BCUT2D eigenvalue weighted by atomic mass is 35.5. The number of hydrogen-bond acceptors (Lipinski definition) is 4. The number of benzene rings is 2. The van der Waals surface area contributed by atoms with Gasteiger partial charge in [0.05, 0.1) is 26.7 Å². The third kappa shape index (κ3) is 3.83. The quantitative estimate of drug-likeness (QED) is 0.612. The molecular weight excluding hydrogens is 404 g/mol. The lowest BCUT2D eigenvalue weighted by atomic mass is 10.2. The number of thiazole rings is 1. The zero-order valence-corrected chi connectivity index (χ0v) is 17.0. The fourth-order valence-corrected chi connectivity index (χ4v) is 4.70. The van der Waals surface area contributed by atoms with Gasteiger partial charge in [-0.05, 0) is 36.8 Å². The minimum absolute atomic E-state index is 0.0651. The first kappa shape index (κ1) is 19.4. The number of aromatic nitrogens is 1. The Morgan fingerprint density at radius 2 is 2.07 bits per heavy atom. The molecule has 27 heavy (non-hydrogen) atoms. The van der Waals surface area contributed by atoms with Gasteiger partial charge in [0.25, 0.3) is 5.91 Å². The van der Waals surface area contributed by atoms with E-state index in [0.717, 1.165) is 22.0 Å². The second-order valence-electron chi connectivity index (χ2n) is 5.93. The van der Waals surface area contributed by atoms with Gasteiger partial charge in [0.1, 0.15) is 0 Å². The van der Waals surface area contributed by atoms with Crippen LogP contribution < -0.4 is 4.80 Å². The fourth-order valence-electron chi connectivity index (χ4n) is 2.65. The van der Waals surface area contributed by atoms with Crippen molar-refractivity contribution in [3.63, 3.8) is 0 Å². The van der Waals surface area contributed by atoms with E-state index in [1.807, 2.05) is 13.0 Å². The van der Waals surface area contributed by atoms with Crippen molar-refractivity contribution in [2.24, 2.45) is 4.99 Å². The van der Waals surface area contributed by atoms with Gasteiger partial charge in [-0.15, -0.1) is 6.42 Å². The van der Waals surface area contributed by atoms with Gasteiger partial charge in [-0.3, -0.25) is 4.79 Å². The van der Waals surface area contributed by atoms with E-state index >= 15 is 0 Å². The summed E-state index contributed by atoms with van der Waals surface area (Å²) in [5.74, 6) is 2.02. The van der Waals surface area contributed by atoms with Crippen molar-refractivity contribution in [1.29, 1.82) is 0 Å². The monoisotopic (exact) mass is 418 g/mol. The van der Waals surface area contributed by atoms with Gasteiger partial charge in [0.2, 0.25) is 0 Å². The smallest absolute Gasteiger partial charge is 0.279 e. The molecule has 138 valence electrons. The lowest BCUT2D eigenvalue weighted by molar-refractivity contribution is 0.0997. The number of fused-ring (bicyclic) bond motifs is 1. The van der Waals surface area contributed by atoms with Crippen molar-refractivity contribution in [3.05, 3.63) is 57.3 Å². The summed E-state index contributed by atoms with van der Waals surface area (Å²) in [4.78, 5) is 17.3. The molecule has 3 rings (SSSR count). The highest BCUT2D eigenvalue weighted by molar-refractivity contribution is 7.90. The van der Waals surface area contributed by atoms with Crippen LogP contribution in [0.15, 0.2) is 46.3 Å². The molecule has 0 aliphatic heterocycles. The van der Waals surface area contributed by atoms with Crippen LogP contribution >= 0.6 is 22.9 Å². The molecule has 0 bridgehead atoms. The normalized spacial score (nSPS) is 12.3. The number of rotatable bonds is 3. The molecule has 2 aromatic carbocycles. The van der Waals surface area contributed by atoms with Crippen LogP contribution in [0.3, 0.4) is 0 Å². The molecule has 0 saturated carbocycles. The summed E-state index contributed by atoms with van der Waals surface area (Å²) in [6, 6.07) is 9.46. The van der Waals surface area contributed by atoms with Crippen molar-refractivity contribution in [3.8, 4) is 12.3 Å². The van der Waals surface area contributed by atoms with Gasteiger partial charge < -0.3 is 4.57 Å². The Morgan fingerprint density at radius 1 is 1.33 bits per heavy atom. The maximum absolute atomic E-state index is 12.6. The Bertz CT molecular complexity index is 1280. The van der Waals surface area contributed by atoms with Crippen LogP contribution in [0.4, 0.5) is 0 Å². The number of sulfone groups is 1. The number of carbonyl (C=O) groups is 1. The summed E-state index contributed by atoms with van der Waals surface area (Å²) in [5, 5.41) is 0.555. The van der Waals surface area contributed by atoms with Gasteiger partial charge in [-0.2, -0.15) is 4.99 Å². The van der Waals surface area contributed by atoms with Crippen molar-refractivity contribution in [1.82, 2.24) is 4.57 Å². The second-order valence-corrected chi connectivity index (χ2v) is 9.33. The van der Waals surface area contributed by atoms with Gasteiger partial charge in [-0.25, -0.2) is 8.42 Å². The first-order chi connectivity index (χ1) is 12.7. The molecule has 0 unspecified atom stereocenters. The Kier molecular flexibility index (Phi) is 5.24. The molecule has 0 aliphatic rings. The highest BCUT2D eigenvalue weighted by Crippen LogP contribution is 2.28. The van der Waals surface area contributed by atoms with Crippen LogP contribution in [0.5, 0.6) is 0 Å². The summed E-state index contributed by atoms with van der Waals surface area (Å²) < 4.78 is 26.0. The molecule has 1 heterocycles. The van der Waals surface area contributed by atoms with E-state index in [-0.39, 0.29) is 17.0 Å². The average molecular weight is 419 g/mol. The Labute approximate surface area is 165 Å². The summed E-state index contributed by atoms with van der Waals surface area (Å²) in [6.07, 6.45) is 6.57. The molecule has 0 fully saturated rings. The maximum atomic E-state index is 12.6. The van der Waals surface area contributed by atoms with Gasteiger partial charge in [0, 0.05) is 11.8 Å². The van der Waals surface area contributed by atoms with Gasteiger partial charge in [0.15, 0.2) is 14.6 Å². The van der Waals surface area contributed by atoms with E-state index < -0.39 is 15.7 Å². The Hall–Kier alpha value is -2.40. The standard InChI is InChI=1S/C19H15ClN2O3S2/c1-4-10-22-16-12(2)8-9-15(20)17(16)26-19(22)21-18(23)13-6-5-7-14(11-13)27(3,24)25/h1,5-9,11H,10H2,2-3H3. The minimum Gasteiger partial charge on any atom is -0.304 e. The van der Waals surface area contributed by atoms with Gasteiger partial charge >= 0.3 is 0 Å². The summed E-state index contributed by atoms with van der Waals surface area (Å²) in [6.45, 7) is 2.16. The van der Waals surface area contributed by atoms with Crippen LogP contribution in [-0.4, -0.2) is 25.1 Å². The molecule has 1 aromatic heterocycles. The van der Waals surface area contributed by atoms with Crippen molar-refractivity contribution in [2.45, 2.75) is 18.4 Å². The molecular formula is C19H15ClN2O3S2. The largest absolute Gasteiger partial charge is 0.304 e. The van der Waals surface area contributed by atoms with E-state index in [4.69, 9.17) is 18.0 Å². The molecule has 0 spiro atoms. The first-order valence-corrected chi connectivity index (χ1v) is 10.9. The number of aryl methyl sites for hydroxylation is 1. The number of carbonyl (C=O) groups excluding carboxylic acids is 1. The predicted octanol–water partition coefficient (Wildman–Crippen LogP) is 3.44. The molecule has 5 nitrogen and oxygen atoms in total. The molecule has 0 radical (unpaired) electrons. The van der Waals surface area contributed by atoms with E-state index in [9.17, 15) is 13.2 Å². The molecule has 3 aromatic rings. The maximum Gasteiger partial charge on any atom is 0.279 e. The zero-order valence-electron chi connectivity index (χ0n) is 14.6. The van der Waals surface area contributed by atoms with E-state index in [2.05, 4.69) is 10.9 Å². The molecule has 0 aliphatic carbocycles. The van der Waals surface area contributed by atoms with Crippen LogP contribution in [0.25, 0.3) is 10.2 Å². The third-order valence-electron chi connectivity index (χ3n) is 3.94. The number of halogens is 1. The number of nitrogens with zero attached hydrogens (tertiary/aromatic N) is 2. The number of terminal acetylenes is 1. The summed E-state index contributed by atoms with van der Waals surface area (Å²) in [5.41, 5.74) is 1.99. The molecule has 0 atom stereocenters. The van der Waals surface area contributed by atoms with Gasteiger partial charge in [-0.1, -0.05) is 41.0 Å². The van der Waals surface area contributed by atoms with Crippen LogP contribution in [0.1, 0.15) is 15.9 Å². The highest BCUT2D eigenvalue weighted by Gasteiger charge is 2.14. The van der Waals surface area contributed by atoms with Crippen LogP contribution in [-0.2, 0) is 16.4 Å². The lowest BCUT2D eigenvalue weighted by Crippen LogP contribution is -2.17. The summed E-state index contributed by atoms with van der Waals surface area (Å²) >= 11 is 7.56. The first-order valence-electron chi connectivity index (χ1n) is 7.83. The van der Waals surface area contributed by atoms with Crippen LogP contribution in [0.2, 0.25) is 5.02 Å². The molecule has 1 amide bonds. The topological polar surface area (TPSA) is 68.5 Å². The van der Waals surface area contributed by atoms with E-state index in [1.54, 1.807) is 10.6 Å². The molecule has 0 N–H and O–H groups in total. The SMILES string of the molecule is C#CCn1c(=NC(=O)c2cccc(S(C)(=O)=O)c2)sc2c(Cl)ccc(C)c21. The molecule has 8 heteroatoms. The Balaban J connectivity index is 2.21. The van der Waals surface area contributed by atoms with Crippen molar-refractivity contribution >= 4 is 48.9 Å². The predicted molar refractivity (Wildman–Crippen MR) is 108 cm³/mol. The minimum atomic E-state index is -3.42. The number of hydrogen-bond donors (Lipinski definition) is 0.